The minimum atomic E-state index is -0.894. The molecule has 2 fully saturated rings. The van der Waals surface area contributed by atoms with Crippen LogP contribution in [-0.4, -0.2) is 40.4 Å². The lowest BCUT2D eigenvalue weighted by Crippen LogP contribution is -2.53. The molecule has 2 bridgehead atoms. The number of nitrogens with zero attached hydrogens (tertiary/aromatic N) is 1. The number of piperidine rings is 1. The van der Waals surface area contributed by atoms with Gasteiger partial charge in [0.25, 0.3) is 0 Å². The summed E-state index contributed by atoms with van der Waals surface area (Å²) < 4.78 is 11.0. The van der Waals surface area contributed by atoms with Crippen molar-refractivity contribution in [1.29, 1.82) is 0 Å². The molecule has 0 radical (unpaired) electrons. The van der Waals surface area contributed by atoms with Crippen LogP contribution < -0.4 is 4.74 Å². The molecule has 1 aromatic carbocycles. The van der Waals surface area contributed by atoms with E-state index in [2.05, 4.69) is 0 Å². The van der Waals surface area contributed by atoms with E-state index in [4.69, 9.17) is 9.47 Å². The standard InChI is InChI=1S/C20H29NO4/c1-5-24-17-10-6-14(7-11-17)20(23)12-15-8-9-16(13-20)21(15)18(22)25-19(2,3)4/h6-7,10-11,15-16,23H,5,8-9,12-13H2,1-4H3. The van der Waals surface area contributed by atoms with Crippen molar-refractivity contribution in [3.05, 3.63) is 29.8 Å². The van der Waals surface area contributed by atoms with Crippen molar-refractivity contribution in [3.63, 3.8) is 0 Å². The number of fused-ring (bicyclic) bond motifs is 2. The first kappa shape index (κ1) is 18.1. The van der Waals surface area contributed by atoms with Gasteiger partial charge in [-0.2, -0.15) is 0 Å². The van der Waals surface area contributed by atoms with Gasteiger partial charge in [-0.3, -0.25) is 0 Å². The van der Waals surface area contributed by atoms with Crippen LogP contribution in [0.5, 0.6) is 5.75 Å². The van der Waals surface area contributed by atoms with E-state index in [9.17, 15) is 9.90 Å². The van der Waals surface area contributed by atoms with Crippen LogP contribution in [0.15, 0.2) is 24.3 Å². The second-order valence-corrected chi connectivity index (χ2v) is 8.17. The third-order valence-corrected chi connectivity index (χ3v) is 5.07. The minimum Gasteiger partial charge on any atom is -0.494 e. The Morgan fingerprint density at radius 1 is 1.20 bits per heavy atom. The van der Waals surface area contributed by atoms with Crippen LogP contribution >= 0.6 is 0 Å². The molecule has 1 aromatic rings. The molecule has 1 N–H and O–H groups in total. The average Bonchev–Trinajstić information content (AvgIpc) is 2.79. The van der Waals surface area contributed by atoms with Gasteiger partial charge in [-0.25, -0.2) is 4.79 Å². The van der Waals surface area contributed by atoms with Gasteiger partial charge in [0.15, 0.2) is 0 Å². The molecule has 138 valence electrons. The zero-order chi connectivity index (χ0) is 18.2. The Morgan fingerprint density at radius 3 is 2.24 bits per heavy atom. The lowest BCUT2D eigenvalue weighted by atomic mass is 9.80. The van der Waals surface area contributed by atoms with Gasteiger partial charge >= 0.3 is 6.09 Å². The van der Waals surface area contributed by atoms with Crippen LogP contribution in [0.3, 0.4) is 0 Å². The van der Waals surface area contributed by atoms with Crippen LogP contribution in [0.4, 0.5) is 4.79 Å². The van der Waals surface area contributed by atoms with Gasteiger partial charge in [-0.15, -0.1) is 0 Å². The van der Waals surface area contributed by atoms with Gasteiger partial charge in [0.1, 0.15) is 11.4 Å². The van der Waals surface area contributed by atoms with Crippen LogP contribution in [0.1, 0.15) is 58.9 Å². The van der Waals surface area contributed by atoms with Gasteiger partial charge in [-0.05, 0) is 58.2 Å². The SMILES string of the molecule is CCOc1ccc(C2(O)CC3CCC(C2)N3C(=O)OC(C)(C)C)cc1. The first-order valence-corrected chi connectivity index (χ1v) is 9.19. The highest BCUT2D eigenvalue weighted by Gasteiger charge is 2.51. The van der Waals surface area contributed by atoms with Crippen molar-refractivity contribution in [1.82, 2.24) is 4.90 Å². The van der Waals surface area contributed by atoms with E-state index in [-0.39, 0.29) is 18.2 Å². The monoisotopic (exact) mass is 347 g/mol. The maximum atomic E-state index is 12.5. The molecule has 2 heterocycles. The highest BCUT2D eigenvalue weighted by Crippen LogP contribution is 2.46. The predicted molar refractivity (Wildman–Crippen MR) is 95.6 cm³/mol. The van der Waals surface area contributed by atoms with Gasteiger partial charge < -0.3 is 19.5 Å². The number of carbonyl (C=O) groups excluding carboxylic acids is 1. The van der Waals surface area contributed by atoms with E-state index in [1.165, 1.54) is 0 Å². The maximum Gasteiger partial charge on any atom is 0.410 e. The molecule has 1 amide bonds. The van der Waals surface area contributed by atoms with Crippen molar-refractivity contribution in [2.75, 3.05) is 6.61 Å². The fraction of sp³-hybridized carbons (Fsp3) is 0.650. The summed E-state index contributed by atoms with van der Waals surface area (Å²) in [6, 6.07) is 7.74. The molecule has 0 saturated carbocycles. The lowest BCUT2D eigenvalue weighted by molar-refractivity contribution is -0.0624. The number of ether oxygens (including phenoxy) is 2. The lowest BCUT2D eigenvalue weighted by Gasteiger charge is -2.44. The van der Waals surface area contributed by atoms with E-state index in [0.29, 0.717) is 19.4 Å². The summed E-state index contributed by atoms with van der Waals surface area (Å²) in [6.07, 6.45) is 2.69. The topological polar surface area (TPSA) is 59.0 Å². The molecule has 2 saturated heterocycles. The third-order valence-electron chi connectivity index (χ3n) is 5.07. The molecule has 0 spiro atoms. The largest absolute Gasteiger partial charge is 0.494 e. The van der Waals surface area contributed by atoms with Crippen molar-refractivity contribution in [2.45, 2.75) is 76.7 Å². The highest BCUT2D eigenvalue weighted by molar-refractivity contribution is 5.69. The highest BCUT2D eigenvalue weighted by atomic mass is 16.6. The molecule has 0 aliphatic carbocycles. The van der Waals surface area contributed by atoms with E-state index < -0.39 is 11.2 Å². The smallest absolute Gasteiger partial charge is 0.410 e. The number of hydrogen-bond donors (Lipinski definition) is 1. The normalized spacial score (nSPS) is 28.8. The van der Waals surface area contributed by atoms with Crippen molar-refractivity contribution < 1.29 is 19.4 Å². The molecular weight excluding hydrogens is 318 g/mol. The van der Waals surface area contributed by atoms with E-state index in [1.54, 1.807) is 0 Å². The second kappa shape index (κ2) is 6.52. The Balaban J connectivity index is 1.75. The number of amides is 1. The van der Waals surface area contributed by atoms with E-state index in [0.717, 1.165) is 24.2 Å². The second-order valence-electron chi connectivity index (χ2n) is 8.17. The Bertz CT molecular complexity index is 606. The zero-order valence-electron chi connectivity index (χ0n) is 15.6. The van der Waals surface area contributed by atoms with Crippen molar-refractivity contribution >= 4 is 6.09 Å². The van der Waals surface area contributed by atoms with Crippen LogP contribution in [-0.2, 0) is 10.3 Å². The number of aliphatic hydroxyl groups is 1. The van der Waals surface area contributed by atoms with Crippen LogP contribution in [0.25, 0.3) is 0 Å². The number of hydrogen-bond acceptors (Lipinski definition) is 4. The van der Waals surface area contributed by atoms with Gasteiger partial charge in [0.05, 0.1) is 12.2 Å². The van der Waals surface area contributed by atoms with E-state index in [1.807, 2.05) is 56.9 Å². The first-order chi connectivity index (χ1) is 11.7. The molecule has 5 nitrogen and oxygen atoms in total. The van der Waals surface area contributed by atoms with Crippen LogP contribution in [0.2, 0.25) is 0 Å². The summed E-state index contributed by atoms with van der Waals surface area (Å²) in [5.41, 5.74) is -0.495. The third kappa shape index (κ3) is 3.76. The summed E-state index contributed by atoms with van der Waals surface area (Å²) in [5, 5.41) is 11.3. The van der Waals surface area contributed by atoms with Crippen LogP contribution in [0, 0.1) is 0 Å². The summed E-state index contributed by atoms with van der Waals surface area (Å²) >= 11 is 0. The molecule has 2 unspecified atom stereocenters. The van der Waals surface area contributed by atoms with Gasteiger partial charge in [0.2, 0.25) is 0 Å². The molecule has 0 aromatic heterocycles. The molecule has 3 rings (SSSR count). The predicted octanol–water partition coefficient (Wildman–Crippen LogP) is 3.83. The molecular formula is C20H29NO4. The van der Waals surface area contributed by atoms with Crippen molar-refractivity contribution in [2.24, 2.45) is 0 Å². The van der Waals surface area contributed by atoms with Gasteiger partial charge in [-0.1, -0.05) is 12.1 Å². The number of benzene rings is 1. The number of carbonyl (C=O) groups is 1. The summed E-state index contributed by atoms with van der Waals surface area (Å²) in [5.74, 6) is 0.809. The molecule has 5 heteroatoms. The molecule has 2 aliphatic rings. The fourth-order valence-corrected chi connectivity index (χ4v) is 4.10. The van der Waals surface area contributed by atoms with Gasteiger partial charge in [0, 0.05) is 24.9 Å². The maximum absolute atomic E-state index is 12.5. The number of rotatable bonds is 3. The quantitative estimate of drug-likeness (QED) is 0.903. The average molecular weight is 347 g/mol. The minimum absolute atomic E-state index is 0.0326. The summed E-state index contributed by atoms with van der Waals surface area (Å²) in [7, 11) is 0. The Labute approximate surface area is 149 Å². The fourth-order valence-electron chi connectivity index (χ4n) is 4.10. The summed E-state index contributed by atoms with van der Waals surface area (Å²) in [4.78, 5) is 14.4. The molecule has 2 atom stereocenters. The molecule has 2 aliphatic heterocycles. The van der Waals surface area contributed by atoms with Crippen molar-refractivity contribution in [3.8, 4) is 5.75 Å². The first-order valence-electron chi connectivity index (χ1n) is 9.19. The van der Waals surface area contributed by atoms with E-state index >= 15 is 0 Å². The Hall–Kier alpha value is -1.75. The Kier molecular flexibility index (Phi) is 4.71. The molecule has 25 heavy (non-hydrogen) atoms. The summed E-state index contributed by atoms with van der Waals surface area (Å²) in [6.45, 7) is 8.22. The zero-order valence-corrected chi connectivity index (χ0v) is 15.6. The Morgan fingerprint density at radius 2 is 1.76 bits per heavy atom.